The van der Waals surface area contributed by atoms with Crippen LogP contribution in [0.25, 0.3) is 0 Å². The summed E-state index contributed by atoms with van der Waals surface area (Å²) in [7, 11) is -5.22. The Morgan fingerprint density at radius 2 is 1.78 bits per heavy atom. The molecule has 1 amide bonds. The van der Waals surface area contributed by atoms with Crippen LogP contribution in [-0.2, 0) is 38.4 Å². The molecule has 2 aliphatic heterocycles. The molecule has 0 radical (unpaired) electrons. The summed E-state index contributed by atoms with van der Waals surface area (Å²) in [6.45, 7) is -0.0121. The minimum atomic E-state index is -5.22. The van der Waals surface area contributed by atoms with Gasteiger partial charge in [0.15, 0.2) is 6.29 Å². The second kappa shape index (κ2) is 13.3. The molecule has 0 aromatic rings. The van der Waals surface area contributed by atoms with Crippen LogP contribution in [0.1, 0.15) is 6.92 Å². The van der Waals surface area contributed by atoms with Crippen molar-refractivity contribution in [1.82, 2.24) is 5.32 Å². The van der Waals surface area contributed by atoms with Gasteiger partial charge in [-0.05, 0) is 6.08 Å². The molecule has 0 spiro atoms. The molecule has 2 rings (SSSR count). The Morgan fingerprint density at radius 3 is 2.28 bits per heavy atom. The van der Waals surface area contributed by atoms with Crippen LogP contribution in [0.2, 0.25) is 0 Å². The van der Waals surface area contributed by atoms with Gasteiger partial charge in [0.1, 0.15) is 48.3 Å². The monoisotopic (exact) mass is 503 g/mol. The summed E-state index contributed by atoms with van der Waals surface area (Å²) in [5, 5.41) is 53.3. The molecule has 32 heavy (non-hydrogen) atoms. The van der Waals surface area contributed by atoms with Crippen molar-refractivity contribution in [2.24, 2.45) is 0 Å². The topological polar surface area (TPSA) is 244 Å². The number of nitrogens with one attached hydrogen (secondary N) is 1. The summed E-state index contributed by atoms with van der Waals surface area (Å²) in [5.74, 6) is -3.47. The Bertz CT molecular complexity index is 794. The van der Waals surface area contributed by atoms with Crippen LogP contribution in [0.4, 0.5) is 0 Å². The molecule has 0 saturated carbocycles. The fraction of sp³-hybridized carbons (Fsp3) is 0.714. The number of aliphatic hydroxyl groups excluding tert-OH is 4. The van der Waals surface area contributed by atoms with Gasteiger partial charge in [0, 0.05) is 6.92 Å². The number of hydrogen-bond acceptors (Lipinski definition) is 14. The van der Waals surface area contributed by atoms with E-state index in [9.17, 15) is 48.1 Å². The van der Waals surface area contributed by atoms with E-state index in [1.165, 1.54) is 0 Å². The third-order valence-electron chi connectivity index (χ3n) is 4.13. The number of carboxylic acids is 1. The maximum absolute atomic E-state index is 11.3. The van der Waals surface area contributed by atoms with E-state index < -0.39 is 83.8 Å². The molecule has 1 unspecified atom stereocenters. The Balaban J connectivity index is 0.00000480. The van der Waals surface area contributed by atoms with Gasteiger partial charge < -0.3 is 54.4 Å². The van der Waals surface area contributed by atoms with Gasteiger partial charge in [-0.3, -0.25) is 8.98 Å². The van der Waals surface area contributed by atoms with Gasteiger partial charge in [-0.2, -0.15) is 0 Å². The van der Waals surface area contributed by atoms with Gasteiger partial charge in [-0.25, -0.2) is 8.42 Å². The molecule has 1 saturated heterocycles. The summed E-state index contributed by atoms with van der Waals surface area (Å²) < 4.78 is 51.4. The Kier molecular flexibility index (Phi) is 13.3. The normalized spacial score (nSPS) is 34.8. The van der Waals surface area contributed by atoms with Crippen LogP contribution in [0.5, 0.6) is 0 Å². The molecule has 0 aliphatic carbocycles. The van der Waals surface area contributed by atoms with Gasteiger partial charge in [0.25, 0.3) is 0 Å². The summed E-state index contributed by atoms with van der Waals surface area (Å²) in [6.07, 6.45) is -12.2. The molecule has 18 heteroatoms. The van der Waals surface area contributed by atoms with E-state index in [1.54, 1.807) is 0 Å². The van der Waals surface area contributed by atoms with E-state index in [2.05, 4.69) is 9.50 Å². The largest absolute Gasteiger partial charge is 1.00 e. The summed E-state index contributed by atoms with van der Waals surface area (Å²) >= 11 is 0. The number of carboxylic acid groups (broad SMARTS) is 1. The maximum atomic E-state index is 11.3. The van der Waals surface area contributed by atoms with Crippen molar-refractivity contribution in [3.63, 3.8) is 0 Å². The molecular formula is C14H19NNa2O14S. The molecule has 1 fully saturated rings. The zero-order valence-corrected chi connectivity index (χ0v) is 22.0. The van der Waals surface area contributed by atoms with Gasteiger partial charge in [0.05, 0.1) is 6.61 Å². The molecule has 2 aliphatic rings. The first-order chi connectivity index (χ1) is 13.8. The van der Waals surface area contributed by atoms with Gasteiger partial charge in [0.2, 0.25) is 22.6 Å². The molecule has 8 atom stereocenters. The molecule has 15 nitrogen and oxygen atoms in total. The summed E-state index contributed by atoms with van der Waals surface area (Å²) in [5.41, 5.74) is 0. The Hall–Kier alpha value is 0.110. The number of hydrogen-bond donors (Lipinski definition) is 5. The fourth-order valence-corrected chi connectivity index (χ4v) is 3.11. The van der Waals surface area contributed by atoms with Crippen molar-refractivity contribution < 1.29 is 126 Å². The smallest absolute Gasteiger partial charge is 0.726 e. The van der Waals surface area contributed by atoms with Crippen molar-refractivity contribution in [2.45, 2.75) is 56.1 Å². The first-order valence-corrected chi connectivity index (χ1v) is 9.64. The second-order valence-electron chi connectivity index (χ2n) is 6.36. The van der Waals surface area contributed by atoms with E-state index in [4.69, 9.17) is 14.2 Å². The van der Waals surface area contributed by atoms with Gasteiger partial charge in [-0.1, -0.05) is 0 Å². The van der Waals surface area contributed by atoms with Crippen LogP contribution in [0.15, 0.2) is 11.8 Å². The third-order valence-corrected chi connectivity index (χ3v) is 4.55. The third kappa shape index (κ3) is 8.71. The Labute approximate surface area is 226 Å². The van der Waals surface area contributed by atoms with E-state index in [1.807, 2.05) is 0 Å². The van der Waals surface area contributed by atoms with E-state index >= 15 is 0 Å². The van der Waals surface area contributed by atoms with Crippen LogP contribution in [0, 0.1) is 0 Å². The van der Waals surface area contributed by atoms with Crippen LogP contribution >= 0.6 is 0 Å². The predicted molar refractivity (Wildman–Crippen MR) is 85.0 cm³/mol. The number of amides is 1. The van der Waals surface area contributed by atoms with Crippen LogP contribution < -0.4 is 69.5 Å². The van der Waals surface area contributed by atoms with Crippen molar-refractivity contribution in [3.8, 4) is 0 Å². The number of carbonyl (C=O) groups excluding carboxylic acids is 2. The summed E-state index contributed by atoms with van der Waals surface area (Å²) in [4.78, 5) is 22.3. The number of aliphatic hydroxyl groups is 4. The fourth-order valence-electron chi connectivity index (χ4n) is 2.81. The van der Waals surface area contributed by atoms with Crippen molar-refractivity contribution in [2.75, 3.05) is 6.61 Å². The SMILES string of the molecule is CC(=O)N[C@H]1C(O)O[C@H](COS(=O)(=O)[O-])[C@@H](O[C@@H]2OC(C(=O)[O-])=C[C@H](O)[C@H]2O)[C@@H]1O.[Na+].[Na+]. The predicted octanol–water partition coefficient (Wildman–Crippen LogP) is -11.8. The van der Waals surface area contributed by atoms with Crippen molar-refractivity contribution >= 4 is 22.3 Å². The molecule has 172 valence electrons. The maximum Gasteiger partial charge on any atom is 1.00 e. The molecule has 0 aromatic carbocycles. The first kappa shape index (κ1) is 32.1. The molecule has 5 N–H and O–H groups in total. The standard InChI is InChI=1S/C14H21NO14S.2Na/c1-4(16)15-8-10(19)11(7(27-13(8)22)3-26-30(23,24)25)29-14-9(18)5(17)2-6(28-14)12(20)21;;/h2,5,7-11,13-14,17-19,22H,3H2,1H3,(H,15,16)(H,20,21)(H,23,24,25);;/q;2*+1/p-2/t5-,7+,8+,9+,10+,11+,13?,14-;;/m0../s1. The van der Waals surface area contributed by atoms with E-state index in [0.717, 1.165) is 6.92 Å². The van der Waals surface area contributed by atoms with Crippen molar-refractivity contribution in [1.29, 1.82) is 0 Å². The van der Waals surface area contributed by atoms with Crippen LogP contribution in [-0.4, -0.2) is 101 Å². The van der Waals surface area contributed by atoms with Gasteiger partial charge in [-0.15, -0.1) is 0 Å². The molecule has 2 heterocycles. The molecule has 0 bridgehead atoms. The number of carbonyl (C=O) groups is 2. The Morgan fingerprint density at radius 1 is 1.19 bits per heavy atom. The number of aliphatic carboxylic acids is 1. The minimum Gasteiger partial charge on any atom is -0.726 e. The zero-order chi connectivity index (χ0) is 22.8. The quantitative estimate of drug-likeness (QED) is 0.123. The zero-order valence-electron chi connectivity index (χ0n) is 17.2. The number of rotatable bonds is 7. The van der Waals surface area contributed by atoms with Crippen molar-refractivity contribution in [3.05, 3.63) is 11.8 Å². The average Bonchev–Trinajstić information content (AvgIpc) is 2.61. The average molecular weight is 503 g/mol. The molecular weight excluding hydrogens is 484 g/mol. The number of ether oxygens (including phenoxy) is 3. The van der Waals surface area contributed by atoms with E-state index in [0.29, 0.717) is 6.08 Å². The second-order valence-corrected chi connectivity index (χ2v) is 7.41. The van der Waals surface area contributed by atoms with Crippen LogP contribution in [0.3, 0.4) is 0 Å². The summed E-state index contributed by atoms with van der Waals surface area (Å²) in [6, 6.07) is -1.52. The van der Waals surface area contributed by atoms with E-state index in [-0.39, 0.29) is 59.1 Å². The molecule has 0 aromatic heterocycles. The minimum absolute atomic E-state index is 0. The first-order valence-electron chi connectivity index (χ1n) is 8.30. The van der Waals surface area contributed by atoms with Gasteiger partial charge >= 0.3 is 59.1 Å².